The van der Waals surface area contributed by atoms with Crippen molar-refractivity contribution in [3.63, 3.8) is 0 Å². The first-order valence-corrected chi connectivity index (χ1v) is 17.6. The molecule has 0 saturated carbocycles. The van der Waals surface area contributed by atoms with E-state index in [1.165, 1.54) is 76.3 Å². The number of nitrogens with zero attached hydrogens (tertiary/aromatic N) is 3. The highest BCUT2D eigenvalue weighted by Gasteiger charge is 2.36. The van der Waals surface area contributed by atoms with Crippen LogP contribution in [-0.4, -0.2) is 20.5 Å². The molecule has 0 unspecified atom stereocenters. The molecule has 0 fully saturated rings. The average Bonchev–Trinajstić information content (AvgIpc) is 3.93. The van der Waals surface area contributed by atoms with Gasteiger partial charge in [0, 0.05) is 32.5 Å². The summed E-state index contributed by atoms with van der Waals surface area (Å²) in [7, 11) is 0. The third-order valence-electron chi connectivity index (χ3n) is 11.1. The van der Waals surface area contributed by atoms with Crippen LogP contribution in [-0.2, 0) is 0 Å². The molecule has 234 valence electrons. The van der Waals surface area contributed by atoms with E-state index in [-0.39, 0.29) is 0 Å². The number of para-hydroxylation sites is 2. The molecule has 0 atom stereocenters. The molecule has 3 aromatic heterocycles. The van der Waals surface area contributed by atoms with Crippen LogP contribution in [0.5, 0.6) is 0 Å². The molecule has 12 rings (SSSR count). The summed E-state index contributed by atoms with van der Waals surface area (Å²) in [5.41, 5.74) is 12.9. The monoisotopic (exact) mass is 646 g/mol. The largest absolute Gasteiger partial charge is 0.389 e. The Morgan fingerprint density at radius 1 is 0.373 bits per heavy atom. The van der Waals surface area contributed by atoms with Crippen LogP contribution in [0.1, 0.15) is 16.7 Å². The second-order valence-corrected chi connectivity index (χ2v) is 13.7. The van der Waals surface area contributed by atoms with Crippen molar-refractivity contribution in [2.75, 3.05) is 0 Å². The molecule has 3 heteroatoms. The first-order valence-electron chi connectivity index (χ1n) is 17.6. The summed E-state index contributed by atoms with van der Waals surface area (Å²) >= 11 is 0. The summed E-state index contributed by atoms with van der Waals surface area (Å²) in [6.45, 7) is 0. The molecule has 0 N–H and O–H groups in total. The highest BCUT2D eigenvalue weighted by Crippen LogP contribution is 2.46. The van der Waals surface area contributed by atoms with E-state index in [1.54, 1.807) is 0 Å². The molecule has 8 aromatic carbocycles. The second kappa shape index (κ2) is 9.83. The van der Waals surface area contributed by atoms with E-state index in [9.17, 15) is 0 Å². The van der Waals surface area contributed by atoms with E-state index in [1.807, 2.05) is 0 Å². The lowest BCUT2D eigenvalue weighted by Crippen LogP contribution is -2.14. The molecule has 11 aromatic rings. The lowest BCUT2D eigenvalue weighted by Gasteiger charge is -2.04. The fourth-order valence-corrected chi connectivity index (χ4v) is 8.86. The van der Waals surface area contributed by atoms with Crippen molar-refractivity contribution >= 4 is 82.2 Å². The summed E-state index contributed by atoms with van der Waals surface area (Å²) < 4.78 is 10.5. The smallest absolute Gasteiger partial charge is 0.308 e. The first-order chi connectivity index (χ1) is 25.3. The van der Waals surface area contributed by atoms with E-state index in [0.717, 1.165) is 33.8 Å². The Kier molecular flexibility index (Phi) is 5.19. The van der Waals surface area contributed by atoms with Gasteiger partial charge in [-0.25, -0.2) is 4.67 Å². The van der Waals surface area contributed by atoms with Crippen LogP contribution in [0.2, 0.25) is 0 Å². The Morgan fingerprint density at radius 3 is 1.76 bits per heavy atom. The number of benzene rings is 8. The minimum atomic E-state index is 0.964. The molecule has 0 spiro atoms. The third kappa shape index (κ3) is 3.55. The zero-order valence-electron chi connectivity index (χ0n) is 27.5. The molecule has 0 saturated heterocycles. The molecular weight excluding hydrogens is 619 g/mol. The predicted octanol–water partition coefficient (Wildman–Crippen LogP) is 11.0. The van der Waals surface area contributed by atoms with Crippen molar-refractivity contribution in [2.45, 2.75) is 0 Å². The Hall–Kier alpha value is -6.93. The maximum absolute atomic E-state index is 5.58. The fourth-order valence-electron chi connectivity index (χ4n) is 8.86. The molecule has 1 aliphatic heterocycles. The van der Waals surface area contributed by atoms with Crippen molar-refractivity contribution in [3.05, 3.63) is 187 Å². The second-order valence-electron chi connectivity index (χ2n) is 13.7. The minimum absolute atomic E-state index is 0.964. The lowest BCUT2D eigenvalue weighted by atomic mass is 9.97. The Bertz CT molecular complexity index is 3320. The van der Waals surface area contributed by atoms with E-state index in [0.29, 0.717) is 0 Å². The van der Waals surface area contributed by atoms with Gasteiger partial charge >= 0.3 is 5.84 Å². The van der Waals surface area contributed by atoms with Gasteiger partial charge in [0.05, 0.1) is 33.1 Å². The van der Waals surface area contributed by atoms with Gasteiger partial charge in [-0.2, -0.15) is 4.57 Å². The van der Waals surface area contributed by atoms with E-state index in [4.69, 9.17) is 4.67 Å². The minimum Gasteiger partial charge on any atom is -0.308 e. The number of hydrogen-bond acceptors (Lipinski definition) is 0. The Labute approximate surface area is 292 Å². The van der Waals surface area contributed by atoms with E-state index >= 15 is 0 Å². The molecule has 51 heavy (non-hydrogen) atoms. The SMILES string of the molecule is c1ccc(-c2ccc(C3=[N+]=C(n4c5ccccc5c5cc6c7ccccc7n7c8cc9ccccc9cc8c(c54)c67)c4ccccc43)cc2)cc1. The molecular formula is C48H28N3+. The van der Waals surface area contributed by atoms with Crippen molar-refractivity contribution in [2.24, 2.45) is 0 Å². The van der Waals surface area contributed by atoms with Gasteiger partial charge in [-0.3, -0.25) is 0 Å². The normalized spacial score (nSPS) is 13.0. The fraction of sp³-hybridized carbons (Fsp3) is 0. The number of hydrogen-bond donors (Lipinski definition) is 0. The van der Waals surface area contributed by atoms with Crippen molar-refractivity contribution < 1.29 is 0 Å². The summed E-state index contributed by atoms with van der Waals surface area (Å²) in [4.78, 5) is 0. The maximum atomic E-state index is 5.58. The maximum Gasteiger partial charge on any atom is 0.389 e. The van der Waals surface area contributed by atoms with Gasteiger partial charge in [0.25, 0.3) is 0 Å². The standard InChI is InChI=1S/C48H28N3/c1-2-12-29(13-3-1)30-22-24-31(25-23-30)45-36-18-6-7-19-37(36)48(49-45)51-42-21-11-9-17-35(42)39-28-38-34-16-8-10-20-41(34)50-43-27-33-15-5-4-14-32(33)26-40(43)44(46(38)50)47(39)51/h1-28H/q+1. The van der Waals surface area contributed by atoms with Crippen molar-refractivity contribution in [1.29, 1.82) is 0 Å². The van der Waals surface area contributed by atoms with Gasteiger partial charge in [0.2, 0.25) is 5.71 Å². The van der Waals surface area contributed by atoms with Gasteiger partial charge in [0.15, 0.2) is 5.52 Å². The van der Waals surface area contributed by atoms with Crippen LogP contribution >= 0.6 is 0 Å². The van der Waals surface area contributed by atoms with Crippen LogP contribution in [0.4, 0.5) is 0 Å². The molecule has 0 amide bonds. The highest BCUT2D eigenvalue weighted by atomic mass is 15.1. The van der Waals surface area contributed by atoms with Gasteiger partial charge in [-0.1, -0.05) is 109 Å². The zero-order valence-corrected chi connectivity index (χ0v) is 27.5. The third-order valence-corrected chi connectivity index (χ3v) is 11.1. The summed E-state index contributed by atoms with van der Waals surface area (Å²) in [6, 6.07) is 61.8. The number of fused-ring (bicyclic) bond motifs is 12. The molecule has 4 heterocycles. The summed E-state index contributed by atoms with van der Waals surface area (Å²) in [6.07, 6.45) is 0. The zero-order chi connectivity index (χ0) is 33.2. The predicted molar refractivity (Wildman–Crippen MR) is 215 cm³/mol. The first kappa shape index (κ1) is 27.0. The molecule has 1 aliphatic rings. The summed E-state index contributed by atoms with van der Waals surface area (Å²) in [5, 5.41) is 10.1. The quantitative estimate of drug-likeness (QED) is 0.167. The van der Waals surface area contributed by atoms with E-state index < -0.39 is 0 Å². The van der Waals surface area contributed by atoms with Crippen LogP contribution < -0.4 is 4.67 Å². The molecule has 0 radical (unpaired) electrons. The van der Waals surface area contributed by atoms with E-state index in [2.05, 4.69) is 179 Å². The highest BCUT2D eigenvalue weighted by molar-refractivity contribution is 6.37. The van der Waals surface area contributed by atoms with Crippen LogP contribution in [0.25, 0.3) is 81.8 Å². The van der Waals surface area contributed by atoms with Crippen LogP contribution in [0.3, 0.4) is 0 Å². The Balaban J connectivity index is 1.24. The molecule has 0 aliphatic carbocycles. The number of rotatable bonds is 2. The van der Waals surface area contributed by atoms with Crippen molar-refractivity contribution in [3.8, 4) is 11.1 Å². The topological polar surface area (TPSA) is 23.4 Å². The average molecular weight is 647 g/mol. The molecule has 0 bridgehead atoms. The Morgan fingerprint density at radius 2 is 0.961 bits per heavy atom. The van der Waals surface area contributed by atoms with Gasteiger partial charge in [-0.15, -0.1) is 0 Å². The van der Waals surface area contributed by atoms with Crippen LogP contribution in [0, 0.1) is 0 Å². The lowest BCUT2D eigenvalue weighted by molar-refractivity contribution is 1.27. The number of aromatic nitrogens is 2. The molecule has 3 nitrogen and oxygen atoms in total. The van der Waals surface area contributed by atoms with Crippen LogP contribution in [0.15, 0.2) is 170 Å². The van der Waals surface area contributed by atoms with Crippen molar-refractivity contribution in [1.82, 2.24) is 13.6 Å². The van der Waals surface area contributed by atoms with Gasteiger partial charge < -0.3 is 4.40 Å². The van der Waals surface area contributed by atoms with Gasteiger partial charge in [-0.05, 0) is 82.6 Å². The summed E-state index contributed by atoms with van der Waals surface area (Å²) in [5.74, 6) is 0.964. The van der Waals surface area contributed by atoms with Gasteiger partial charge in [0.1, 0.15) is 5.52 Å².